The zero-order valence-corrected chi connectivity index (χ0v) is 24.4. The number of amides is 1. The predicted molar refractivity (Wildman–Crippen MR) is 164 cm³/mol. The maximum Gasteiger partial charge on any atom is 0.335 e. The average Bonchev–Trinajstić information content (AvgIpc) is 3.48. The van der Waals surface area contributed by atoms with Crippen molar-refractivity contribution >= 4 is 40.6 Å². The Morgan fingerprint density at radius 2 is 1.86 bits per heavy atom. The van der Waals surface area contributed by atoms with Gasteiger partial charge in [-0.15, -0.1) is 0 Å². The fraction of sp³-hybridized carbons (Fsp3) is 0.226. The maximum atomic E-state index is 12.4. The quantitative estimate of drug-likeness (QED) is 0.234. The number of ether oxygens (including phenoxy) is 2. The van der Waals surface area contributed by atoms with Crippen molar-refractivity contribution in [2.45, 2.75) is 25.9 Å². The summed E-state index contributed by atoms with van der Waals surface area (Å²) in [4.78, 5) is 30.7. The molecule has 3 heterocycles. The van der Waals surface area contributed by atoms with Gasteiger partial charge in [0.05, 0.1) is 36.1 Å². The Hall–Kier alpha value is -4.74. The minimum atomic E-state index is -0.987. The van der Waals surface area contributed by atoms with Crippen molar-refractivity contribution in [2.24, 2.45) is 0 Å². The molecular formula is C31H31N5O5S. The van der Waals surface area contributed by atoms with Crippen LogP contribution in [0.3, 0.4) is 0 Å². The number of nitrogens with zero attached hydrogens (tertiary/aromatic N) is 3. The van der Waals surface area contributed by atoms with Crippen LogP contribution in [0.15, 0.2) is 72.9 Å². The number of hydrogen-bond donors (Lipinski definition) is 3. The lowest BCUT2D eigenvalue weighted by atomic mass is 9.96. The summed E-state index contributed by atoms with van der Waals surface area (Å²) in [5.41, 5.74) is 5.84. The molecule has 1 aliphatic rings. The number of methoxy groups -OCH3 is 2. The highest BCUT2D eigenvalue weighted by Gasteiger charge is 2.42. The summed E-state index contributed by atoms with van der Waals surface area (Å²) in [6, 6.07) is 19.6. The molecule has 216 valence electrons. The Labute approximate surface area is 248 Å². The van der Waals surface area contributed by atoms with E-state index in [1.807, 2.05) is 59.7 Å². The molecule has 0 unspecified atom stereocenters. The van der Waals surface area contributed by atoms with Gasteiger partial charge in [-0.1, -0.05) is 12.1 Å². The van der Waals surface area contributed by atoms with Gasteiger partial charge in [-0.3, -0.25) is 9.78 Å². The highest BCUT2D eigenvalue weighted by atomic mass is 32.1. The highest BCUT2D eigenvalue weighted by Crippen LogP contribution is 2.45. The molecule has 2 aromatic heterocycles. The number of carbonyl (C=O) groups excluding carboxylic acids is 1. The molecule has 1 fully saturated rings. The Bertz CT molecular complexity index is 1650. The van der Waals surface area contributed by atoms with Gasteiger partial charge in [0, 0.05) is 36.1 Å². The van der Waals surface area contributed by atoms with E-state index in [0.717, 1.165) is 34.0 Å². The molecule has 2 aromatic carbocycles. The van der Waals surface area contributed by atoms with Crippen molar-refractivity contribution in [3.05, 3.63) is 101 Å². The molecule has 0 aliphatic carbocycles. The molecule has 5 rings (SSSR count). The first-order chi connectivity index (χ1) is 20.2. The highest BCUT2D eigenvalue weighted by molar-refractivity contribution is 7.80. The summed E-state index contributed by atoms with van der Waals surface area (Å²) >= 11 is 5.91. The number of aromatic carboxylic acids is 1. The third-order valence-electron chi connectivity index (χ3n) is 7.25. The Morgan fingerprint density at radius 1 is 1.05 bits per heavy atom. The van der Waals surface area contributed by atoms with Crippen LogP contribution in [0.25, 0.3) is 5.69 Å². The molecule has 11 heteroatoms. The number of aromatic nitrogens is 2. The SMILES string of the molecule is COCC(=O)Nc1cc(N2C(=S)N[C@H](c3ccccn3)[C@@H]2c2cc(C)n(-c3cccc(C(=O)O)c3)c2C)ccc1OC. The van der Waals surface area contributed by atoms with Crippen LogP contribution in [-0.2, 0) is 9.53 Å². The molecule has 4 aromatic rings. The van der Waals surface area contributed by atoms with Crippen molar-refractivity contribution in [1.29, 1.82) is 0 Å². The van der Waals surface area contributed by atoms with Crippen LogP contribution in [0.5, 0.6) is 5.75 Å². The van der Waals surface area contributed by atoms with Crippen LogP contribution in [0.1, 0.15) is 45.1 Å². The lowest BCUT2D eigenvalue weighted by Crippen LogP contribution is -2.29. The molecule has 0 spiro atoms. The molecule has 0 radical (unpaired) electrons. The Balaban J connectivity index is 1.65. The van der Waals surface area contributed by atoms with E-state index in [1.54, 1.807) is 30.5 Å². The minimum Gasteiger partial charge on any atom is -0.495 e. The molecular weight excluding hydrogens is 554 g/mol. The number of rotatable bonds is 9. The number of aryl methyl sites for hydroxylation is 1. The fourth-order valence-electron chi connectivity index (χ4n) is 5.47. The van der Waals surface area contributed by atoms with Crippen molar-refractivity contribution in [1.82, 2.24) is 14.9 Å². The zero-order chi connectivity index (χ0) is 30.0. The maximum absolute atomic E-state index is 12.4. The molecule has 1 aliphatic heterocycles. The largest absolute Gasteiger partial charge is 0.495 e. The van der Waals surface area contributed by atoms with Crippen molar-refractivity contribution in [2.75, 3.05) is 31.0 Å². The Kier molecular flexibility index (Phi) is 8.23. The molecule has 1 saturated heterocycles. The first kappa shape index (κ1) is 28.8. The van der Waals surface area contributed by atoms with Crippen molar-refractivity contribution in [3.63, 3.8) is 0 Å². The summed E-state index contributed by atoms with van der Waals surface area (Å²) in [5.74, 6) is -0.806. The van der Waals surface area contributed by atoms with E-state index in [2.05, 4.69) is 21.7 Å². The average molecular weight is 586 g/mol. The topological polar surface area (TPSA) is 118 Å². The summed E-state index contributed by atoms with van der Waals surface area (Å²) in [5, 5.41) is 16.4. The second kappa shape index (κ2) is 12.0. The van der Waals surface area contributed by atoms with Crippen LogP contribution in [0.2, 0.25) is 0 Å². The van der Waals surface area contributed by atoms with E-state index in [0.29, 0.717) is 16.5 Å². The number of anilines is 2. The van der Waals surface area contributed by atoms with Gasteiger partial charge in [0.25, 0.3) is 0 Å². The van der Waals surface area contributed by atoms with Gasteiger partial charge in [0.15, 0.2) is 5.11 Å². The van der Waals surface area contributed by atoms with Crippen LogP contribution < -0.4 is 20.3 Å². The number of carbonyl (C=O) groups is 2. The molecule has 0 bridgehead atoms. The normalized spacial score (nSPS) is 16.3. The number of hydrogen-bond acceptors (Lipinski definition) is 6. The number of nitrogens with one attached hydrogen (secondary N) is 2. The molecule has 10 nitrogen and oxygen atoms in total. The van der Waals surface area contributed by atoms with Gasteiger partial charge in [-0.25, -0.2) is 4.79 Å². The van der Waals surface area contributed by atoms with E-state index < -0.39 is 5.97 Å². The standard InChI is InChI=1S/C31H31N5O5S/c1-18-14-23(19(2)35(18)21-9-7-8-20(15-21)30(38)39)29-28(24-10-5-6-13-32-24)34-31(42)36(29)22-11-12-26(41-4)25(16-22)33-27(37)17-40-3/h5-16,28-29H,17H2,1-4H3,(H,33,37)(H,34,42)(H,38,39)/t28-,29+/m1/s1. The lowest BCUT2D eigenvalue weighted by molar-refractivity contribution is -0.119. The number of carboxylic acid groups (broad SMARTS) is 1. The number of thiocarbonyl (C=S) groups is 1. The van der Waals surface area contributed by atoms with E-state index in [9.17, 15) is 14.7 Å². The van der Waals surface area contributed by atoms with Gasteiger partial charge >= 0.3 is 5.97 Å². The number of carboxylic acids is 1. The van der Waals surface area contributed by atoms with Gasteiger partial charge in [-0.05, 0) is 86.2 Å². The summed E-state index contributed by atoms with van der Waals surface area (Å²) in [7, 11) is 3.00. The minimum absolute atomic E-state index is 0.101. The molecule has 42 heavy (non-hydrogen) atoms. The van der Waals surface area contributed by atoms with Gasteiger partial charge in [-0.2, -0.15) is 0 Å². The third kappa shape index (κ3) is 5.44. The second-order valence-electron chi connectivity index (χ2n) is 9.88. The van der Waals surface area contributed by atoms with Gasteiger partial charge < -0.3 is 34.7 Å². The lowest BCUT2D eigenvalue weighted by Gasteiger charge is -2.29. The van der Waals surface area contributed by atoms with E-state index in [4.69, 9.17) is 21.7 Å². The summed E-state index contributed by atoms with van der Waals surface area (Å²) < 4.78 is 12.5. The summed E-state index contributed by atoms with van der Waals surface area (Å²) in [6.07, 6.45) is 1.75. The first-order valence-corrected chi connectivity index (χ1v) is 13.6. The van der Waals surface area contributed by atoms with Crippen LogP contribution in [0.4, 0.5) is 11.4 Å². The predicted octanol–water partition coefficient (Wildman–Crippen LogP) is 4.96. The molecule has 0 saturated carbocycles. The van der Waals surface area contributed by atoms with Crippen molar-refractivity contribution in [3.8, 4) is 11.4 Å². The summed E-state index contributed by atoms with van der Waals surface area (Å²) in [6.45, 7) is 3.90. The monoisotopic (exact) mass is 585 g/mol. The van der Waals surface area contributed by atoms with Crippen LogP contribution in [0, 0.1) is 13.8 Å². The molecule has 2 atom stereocenters. The van der Waals surface area contributed by atoms with E-state index in [-0.39, 0.29) is 30.2 Å². The van der Waals surface area contributed by atoms with Crippen LogP contribution in [-0.4, -0.2) is 52.5 Å². The van der Waals surface area contributed by atoms with E-state index in [1.165, 1.54) is 14.2 Å². The second-order valence-corrected chi connectivity index (χ2v) is 10.3. The third-order valence-corrected chi connectivity index (χ3v) is 7.56. The molecule has 3 N–H and O–H groups in total. The number of benzene rings is 2. The zero-order valence-electron chi connectivity index (χ0n) is 23.6. The van der Waals surface area contributed by atoms with Crippen molar-refractivity contribution < 1.29 is 24.2 Å². The van der Waals surface area contributed by atoms with Gasteiger partial charge in [0.1, 0.15) is 12.4 Å². The molecule has 1 amide bonds. The fourth-order valence-corrected chi connectivity index (χ4v) is 5.82. The first-order valence-electron chi connectivity index (χ1n) is 13.2. The van der Waals surface area contributed by atoms with Crippen LogP contribution >= 0.6 is 12.2 Å². The smallest absolute Gasteiger partial charge is 0.335 e. The van der Waals surface area contributed by atoms with Gasteiger partial charge in [0.2, 0.25) is 5.91 Å². The van der Waals surface area contributed by atoms with E-state index >= 15 is 0 Å². The Morgan fingerprint density at radius 3 is 2.55 bits per heavy atom. The number of pyridine rings is 1.